The number of rotatable bonds is 0. The first-order chi connectivity index (χ1) is 16.9. The van der Waals surface area contributed by atoms with Crippen molar-refractivity contribution in [3.63, 3.8) is 0 Å². The highest BCUT2D eigenvalue weighted by molar-refractivity contribution is 5.83. The van der Waals surface area contributed by atoms with Gasteiger partial charge in [0.05, 0.1) is 0 Å². The molecule has 0 aliphatic heterocycles. The predicted molar refractivity (Wildman–Crippen MR) is 138 cm³/mol. The molecule has 0 N–H and O–H groups in total. The molecule has 0 bridgehead atoms. The maximum atomic E-state index is 3.30. The van der Waals surface area contributed by atoms with Gasteiger partial charge in [-0.05, 0) is 60.7 Å². The van der Waals surface area contributed by atoms with Gasteiger partial charge in [0.1, 0.15) is 0 Å². The standard InChI is InChI=1S/C34H16/c1-2-12-28-14-4-6-16-30(28)22-24-32-18-8-10-20-34(32)26-25-33-19-9-7-17-31(33)23-21-29-15-5-3-13-27(29)11-1/h3-10,13-20H. The first-order valence-corrected chi connectivity index (χ1v) is 10.8. The maximum Gasteiger partial charge on any atom is 0.0412 e. The lowest BCUT2D eigenvalue weighted by molar-refractivity contribution is 1.79. The summed E-state index contributed by atoms with van der Waals surface area (Å²) < 4.78 is 0. The first-order valence-electron chi connectivity index (χ1n) is 10.8. The average Bonchev–Trinajstić information content (AvgIpc) is 2.89. The molecular formula is C34H16. The SMILES string of the molecule is c1c#cc2ccccc2c#cc2ccccc2c#cc2ccccc2c#cc2ccccc2c#1. The van der Waals surface area contributed by atoms with E-state index in [1.807, 2.05) is 97.1 Å². The molecule has 0 aliphatic carbocycles. The van der Waals surface area contributed by atoms with Crippen molar-refractivity contribution in [1.82, 2.24) is 0 Å². The molecule has 0 radical (unpaired) electrons. The van der Waals surface area contributed by atoms with Gasteiger partial charge >= 0.3 is 0 Å². The summed E-state index contributed by atoms with van der Waals surface area (Å²) >= 11 is 0. The summed E-state index contributed by atoms with van der Waals surface area (Å²) in [6.07, 6.45) is 0. The zero-order valence-electron chi connectivity index (χ0n) is 18.2. The molecule has 0 unspecified atom stereocenters. The Morgan fingerprint density at radius 1 is 0.235 bits per heavy atom. The van der Waals surface area contributed by atoms with E-state index in [1.54, 1.807) is 0 Å². The monoisotopic (exact) mass is 424 g/mol. The molecule has 0 fully saturated rings. The Bertz CT molecular complexity index is 1530. The molecule has 5 rings (SSSR count). The lowest BCUT2D eigenvalue weighted by atomic mass is 10.1. The van der Waals surface area contributed by atoms with Crippen LogP contribution < -0.4 is 0 Å². The minimum absolute atomic E-state index is 0.844. The Hall–Kier alpha value is -5.32. The quantitative estimate of drug-likeness (QED) is 0.239. The molecule has 0 aromatic heterocycles. The van der Waals surface area contributed by atoms with Gasteiger partial charge in [-0.1, -0.05) is 97.1 Å². The first kappa shape index (κ1) is 20.6. The van der Waals surface area contributed by atoms with E-state index in [0.717, 1.165) is 43.1 Å². The van der Waals surface area contributed by atoms with Crippen LogP contribution in [0.2, 0.25) is 0 Å². The summed E-state index contributed by atoms with van der Waals surface area (Å²) in [6.45, 7) is 0. The van der Waals surface area contributed by atoms with E-state index < -0.39 is 0 Å². The van der Waals surface area contributed by atoms with Crippen molar-refractivity contribution < 1.29 is 0 Å². The van der Waals surface area contributed by atoms with Gasteiger partial charge < -0.3 is 0 Å². The van der Waals surface area contributed by atoms with Gasteiger partial charge in [0.15, 0.2) is 0 Å². The van der Waals surface area contributed by atoms with E-state index in [2.05, 4.69) is 60.7 Å². The van der Waals surface area contributed by atoms with Crippen molar-refractivity contribution in [1.29, 1.82) is 0 Å². The van der Waals surface area contributed by atoms with Crippen LogP contribution in [0.25, 0.3) is 43.1 Å². The second-order valence-electron chi connectivity index (χ2n) is 7.43. The van der Waals surface area contributed by atoms with Crippen LogP contribution in [0.3, 0.4) is 0 Å². The van der Waals surface area contributed by atoms with Crippen molar-refractivity contribution in [2.75, 3.05) is 0 Å². The highest BCUT2D eigenvalue weighted by atomic mass is 13.9. The summed E-state index contributed by atoms with van der Waals surface area (Å²) in [7, 11) is 0. The second kappa shape index (κ2) is 9.87. The third-order valence-corrected chi connectivity index (χ3v) is 5.16. The van der Waals surface area contributed by atoms with Crippen LogP contribution in [-0.2, 0) is 0 Å². The third-order valence-electron chi connectivity index (χ3n) is 5.16. The summed E-state index contributed by atoms with van der Waals surface area (Å²) in [5.74, 6) is 0. The Balaban J connectivity index is 1.89. The predicted octanol–water partition coefficient (Wildman–Crippen LogP) is 7.67. The van der Waals surface area contributed by atoms with Crippen molar-refractivity contribution in [3.8, 4) is 0 Å². The maximum absolute atomic E-state index is 3.30. The molecule has 0 saturated carbocycles. The molecule has 152 valence electrons. The largest absolute Gasteiger partial charge is 0.0609 e. The zero-order valence-corrected chi connectivity index (χ0v) is 18.2. The van der Waals surface area contributed by atoms with Gasteiger partial charge in [-0.25, -0.2) is 0 Å². The minimum Gasteiger partial charge on any atom is -0.0609 e. The Morgan fingerprint density at radius 3 is 0.618 bits per heavy atom. The fraction of sp³-hybridized carbons (Fsp3) is 0. The fourth-order valence-electron chi connectivity index (χ4n) is 3.41. The normalized spacial score (nSPS) is 9.18. The molecule has 0 heteroatoms. The van der Waals surface area contributed by atoms with E-state index in [9.17, 15) is 0 Å². The Labute approximate surface area is 200 Å². The number of hydrogen-bond donors (Lipinski definition) is 0. The van der Waals surface area contributed by atoms with Gasteiger partial charge in [0.2, 0.25) is 0 Å². The third kappa shape index (κ3) is 4.78. The molecule has 0 atom stereocenters. The summed E-state index contributed by atoms with van der Waals surface area (Å²) in [5, 5.41) is 6.89. The fourth-order valence-corrected chi connectivity index (χ4v) is 3.41. The number of fused-ring (bicyclic) bond motifs is 4. The van der Waals surface area contributed by atoms with Crippen LogP contribution in [0.15, 0.2) is 97.1 Å². The van der Waals surface area contributed by atoms with Gasteiger partial charge in [0, 0.05) is 43.1 Å². The van der Waals surface area contributed by atoms with E-state index in [-0.39, 0.29) is 0 Å². The van der Waals surface area contributed by atoms with Crippen molar-refractivity contribution >= 4 is 43.1 Å². The molecule has 5 aromatic rings. The summed E-state index contributed by atoms with van der Waals surface area (Å²) in [5.41, 5.74) is 0. The zero-order chi connectivity index (χ0) is 23.0. The molecule has 0 amide bonds. The lowest BCUT2D eigenvalue weighted by Gasteiger charge is -1.87. The molecule has 0 saturated heterocycles. The van der Waals surface area contributed by atoms with E-state index in [1.165, 1.54) is 0 Å². The average molecular weight is 425 g/mol. The second-order valence-corrected chi connectivity index (χ2v) is 7.43. The van der Waals surface area contributed by atoms with Crippen LogP contribution in [-0.4, -0.2) is 0 Å². The summed E-state index contributed by atoms with van der Waals surface area (Å²) in [6, 6.07) is 63.4. The smallest absolute Gasteiger partial charge is 0.0412 e. The van der Waals surface area contributed by atoms with E-state index in [0.29, 0.717) is 0 Å². The van der Waals surface area contributed by atoms with E-state index >= 15 is 0 Å². The van der Waals surface area contributed by atoms with Crippen molar-refractivity contribution in [2.24, 2.45) is 0 Å². The summed E-state index contributed by atoms with van der Waals surface area (Å²) in [4.78, 5) is 0. The minimum atomic E-state index is 0.844. The molecule has 34 heavy (non-hydrogen) atoms. The molecule has 5 aromatic carbocycles. The molecular weight excluding hydrogens is 408 g/mol. The number of hydrogen-bond acceptors (Lipinski definition) is 0. The Kier molecular flexibility index (Phi) is 5.97. The van der Waals surface area contributed by atoms with Crippen LogP contribution >= 0.6 is 0 Å². The van der Waals surface area contributed by atoms with E-state index in [4.69, 9.17) is 0 Å². The van der Waals surface area contributed by atoms with Crippen molar-refractivity contribution in [2.45, 2.75) is 0 Å². The number of benzene rings is 4. The molecule has 0 nitrogen and oxygen atoms in total. The van der Waals surface area contributed by atoms with Crippen LogP contribution in [0, 0.1) is 60.7 Å². The van der Waals surface area contributed by atoms with Crippen LogP contribution in [0.1, 0.15) is 0 Å². The van der Waals surface area contributed by atoms with Gasteiger partial charge in [-0.15, -0.1) is 0 Å². The van der Waals surface area contributed by atoms with Crippen LogP contribution in [0.4, 0.5) is 0 Å². The highest BCUT2D eigenvalue weighted by Gasteiger charge is 1.88. The van der Waals surface area contributed by atoms with Crippen LogP contribution in [0.5, 0.6) is 0 Å². The van der Waals surface area contributed by atoms with Gasteiger partial charge in [-0.2, -0.15) is 0 Å². The van der Waals surface area contributed by atoms with Gasteiger partial charge in [0.25, 0.3) is 0 Å². The highest BCUT2D eigenvalue weighted by Crippen LogP contribution is 2.10. The van der Waals surface area contributed by atoms with Crippen molar-refractivity contribution in [3.05, 3.63) is 158 Å². The topological polar surface area (TPSA) is 0 Å². The van der Waals surface area contributed by atoms with Gasteiger partial charge in [-0.3, -0.25) is 0 Å². The molecule has 0 aliphatic rings. The lowest BCUT2D eigenvalue weighted by Crippen LogP contribution is -1.66. The molecule has 0 spiro atoms. The Morgan fingerprint density at radius 2 is 0.412 bits per heavy atom. The molecule has 0 heterocycles.